The van der Waals surface area contributed by atoms with Crippen LogP contribution in [-0.4, -0.2) is 24.0 Å². The van der Waals surface area contributed by atoms with Crippen LogP contribution in [0.2, 0.25) is 0 Å². The van der Waals surface area contributed by atoms with Crippen LogP contribution in [0.5, 0.6) is 0 Å². The molecule has 1 amide bonds. The van der Waals surface area contributed by atoms with Crippen molar-refractivity contribution in [2.24, 2.45) is 5.14 Å². The lowest BCUT2D eigenvalue weighted by molar-refractivity contribution is 0.253. The van der Waals surface area contributed by atoms with E-state index in [0.717, 1.165) is 0 Å². The van der Waals surface area contributed by atoms with E-state index in [2.05, 4.69) is 10.3 Å². The number of nitrogens with one attached hydrogen (secondary N) is 1. The van der Waals surface area contributed by atoms with Gasteiger partial charge in [0.25, 0.3) is 0 Å². The van der Waals surface area contributed by atoms with Crippen LogP contribution < -0.4 is 10.5 Å². The number of sulfonamides is 1. The van der Waals surface area contributed by atoms with Crippen LogP contribution >= 0.6 is 0 Å². The molecule has 1 heterocycles. The Morgan fingerprint density at radius 2 is 2.16 bits per heavy atom. The number of aromatic nitrogens is 2. The van der Waals surface area contributed by atoms with Gasteiger partial charge in [-0.1, -0.05) is 6.07 Å². The number of anilines is 1. The van der Waals surface area contributed by atoms with Gasteiger partial charge in [-0.15, -0.1) is 0 Å². The molecule has 0 radical (unpaired) electrons. The Labute approximate surface area is 110 Å². The van der Waals surface area contributed by atoms with Gasteiger partial charge in [0.05, 0.1) is 4.90 Å². The van der Waals surface area contributed by atoms with Gasteiger partial charge in [-0.2, -0.15) is 0 Å². The van der Waals surface area contributed by atoms with E-state index in [1.54, 1.807) is 13.0 Å². The van der Waals surface area contributed by atoms with E-state index in [-0.39, 0.29) is 4.90 Å². The Hall–Kier alpha value is -2.19. The van der Waals surface area contributed by atoms with E-state index in [1.807, 2.05) is 0 Å². The molecule has 8 heteroatoms. The summed E-state index contributed by atoms with van der Waals surface area (Å²) in [6.45, 7) is 1.57. The maximum atomic E-state index is 11.8. The molecule has 0 saturated heterocycles. The number of nitrogens with two attached hydrogens (primary N) is 1. The molecule has 3 N–H and O–H groups in total. The van der Waals surface area contributed by atoms with Crippen LogP contribution in [-0.2, 0) is 10.0 Å². The van der Waals surface area contributed by atoms with Gasteiger partial charge >= 0.3 is 6.03 Å². The van der Waals surface area contributed by atoms with Crippen molar-refractivity contribution in [2.45, 2.75) is 11.8 Å². The summed E-state index contributed by atoms with van der Waals surface area (Å²) in [5.74, 6) is 0. The van der Waals surface area contributed by atoms with Crippen LogP contribution in [0, 0.1) is 6.92 Å². The molecule has 0 aliphatic carbocycles. The molecular formula is C11H12N4O3S. The molecule has 0 aliphatic rings. The van der Waals surface area contributed by atoms with E-state index >= 15 is 0 Å². The number of hydrogen-bond donors (Lipinski definition) is 2. The molecule has 2 aromatic rings. The SMILES string of the molecule is Cc1c(NC(=O)n2ccnc2)cccc1S(N)(=O)=O. The summed E-state index contributed by atoms with van der Waals surface area (Å²) in [6.07, 6.45) is 4.29. The Balaban J connectivity index is 2.35. The molecule has 19 heavy (non-hydrogen) atoms. The highest BCUT2D eigenvalue weighted by atomic mass is 32.2. The van der Waals surface area contributed by atoms with Crippen LogP contribution in [0.15, 0.2) is 41.8 Å². The first-order valence-corrected chi connectivity index (χ1v) is 6.86. The summed E-state index contributed by atoms with van der Waals surface area (Å²) < 4.78 is 24.0. The third kappa shape index (κ3) is 2.80. The van der Waals surface area contributed by atoms with Crippen LogP contribution in [0.3, 0.4) is 0 Å². The number of amides is 1. The van der Waals surface area contributed by atoms with Gasteiger partial charge < -0.3 is 5.32 Å². The van der Waals surface area contributed by atoms with Gasteiger partial charge in [-0.25, -0.2) is 23.3 Å². The van der Waals surface area contributed by atoms with Crippen molar-refractivity contribution >= 4 is 21.7 Å². The molecule has 1 aromatic heterocycles. The third-order valence-corrected chi connectivity index (χ3v) is 3.63. The van der Waals surface area contributed by atoms with Crippen molar-refractivity contribution in [3.05, 3.63) is 42.5 Å². The Morgan fingerprint density at radius 3 is 2.74 bits per heavy atom. The number of benzene rings is 1. The van der Waals surface area contributed by atoms with Crippen molar-refractivity contribution in [3.8, 4) is 0 Å². The van der Waals surface area contributed by atoms with Crippen LogP contribution in [0.4, 0.5) is 10.5 Å². The van der Waals surface area contributed by atoms with Crippen molar-refractivity contribution in [3.63, 3.8) is 0 Å². The lowest BCUT2D eigenvalue weighted by Gasteiger charge is -2.11. The maximum Gasteiger partial charge on any atom is 0.331 e. The molecular weight excluding hydrogens is 268 g/mol. The van der Waals surface area contributed by atoms with E-state index in [1.165, 1.54) is 35.4 Å². The number of rotatable bonds is 2. The van der Waals surface area contributed by atoms with Crippen molar-refractivity contribution in [2.75, 3.05) is 5.32 Å². The predicted octanol–water partition coefficient (Wildman–Crippen LogP) is 0.919. The normalized spacial score (nSPS) is 11.3. The van der Waals surface area contributed by atoms with E-state index in [4.69, 9.17) is 5.14 Å². The molecule has 0 spiro atoms. The molecule has 0 aliphatic heterocycles. The van der Waals surface area contributed by atoms with E-state index in [0.29, 0.717) is 11.3 Å². The molecule has 0 saturated carbocycles. The summed E-state index contributed by atoms with van der Waals surface area (Å²) in [5, 5.41) is 7.69. The molecule has 0 fully saturated rings. The van der Waals surface area contributed by atoms with Gasteiger partial charge in [0.15, 0.2) is 0 Å². The fourth-order valence-electron chi connectivity index (χ4n) is 1.62. The third-order valence-electron chi connectivity index (χ3n) is 2.57. The molecule has 1 aromatic carbocycles. The second kappa shape index (κ2) is 4.82. The quantitative estimate of drug-likeness (QED) is 0.852. The lowest BCUT2D eigenvalue weighted by Crippen LogP contribution is -2.20. The average molecular weight is 280 g/mol. The van der Waals surface area contributed by atoms with Crippen LogP contribution in [0.1, 0.15) is 5.56 Å². The largest absolute Gasteiger partial charge is 0.331 e. The minimum absolute atomic E-state index is 0.0177. The number of carbonyl (C=O) groups is 1. The second-order valence-electron chi connectivity index (χ2n) is 3.87. The first-order chi connectivity index (χ1) is 8.89. The zero-order chi connectivity index (χ0) is 14.0. The Kier molecular flexibility index (Phi) is 3.36. The highest BCUT2D eigenvalue weighted by Gasteiger charge is 2.15. The highest BCUT2D eigenvalue weighted by Crippen LogP contribution is 2.22. The highest BCUT2D eigenvalue weighted by molar-refractivity contribution is 7.89. The summed E-state index contributed by atoms with van der Waals surface area (Å²) in [7, 11) is -3.82. The van der Waals surface area contributed by atoms with Crippen LogP contribution in [0.25, 0.3) is 0 Å². The number of carbonyl (C=O) groups excluding carboxylic acids is 1. The number of primary sulfonamides is 1. The minimum Gasteiger partial charge on any atom is -0.307 e. The van der Waals surface area contributed by atoms with Crippen molar-refractivity contribution in [1.82, 2.24) is 9.55 Å². The number of imidazole rings is 1. The minimum atomic E-state index is -3.82. The number of nitrogens with zero attached hydrogens (tertiary/aromatic N) is 2. The first-order valence-electron chi connectivity index (χ1n) is 5.31. The van der Waals surface area contributed by atoms with E-state index in [9.17, 15) is 13.2 Å². The maximum absolute atomic E-state index is 11.8. The zero-order valence-electron chi connectivity index (χ0n) is 10.1. The van der Waals surface area contributed by atoms with Gasteiger partial charge in [0.1, 0.15) is 6.33 Å². The molecule has 2 rings (SSSR count). The fourth-order valence-corrected chi connectivity index (χ4v) is 2.42. The summed E-state index contributed by atoms with van der Waals surface area (Å²) in [6, 6.07) is 4.05. The summed E-state index contributed by atoms with van der Waals surface area (Å²) in [4.78, 5) is 15.6. The van der Waals surface area contributed by atoms with Gasteiger partial charge in [0.2, 0.25) is 10.0 Å². The lowest BCUT2D eigenvalue weighted by atomic mass is 10.2. The fraction of sp³-hybridized carbons (Fsp3) is 0.0909. The topological polar surface area (TPSA) is 107 Å². The van der Waals surface area contributed by atoms with Gasteiger partial charge in [0, 0.05) is 18.1 Å². The standard InChI is InChI=1S/C11H12N4O3S/c1-8-9(3-2-4-10(8)19(12,17)18)14-11(16)15-6-5-13-7-15/h2-7H,1H3,(H,14,16)(H2,12,17,18). The van der Waals surface area contributed by atoms with E-state index < -0.39 is 16.1 Å². The zero-order valence-corrected chi connectivity index (χ0v) is 10.9. The van der Waals surface area contributed by atoms with Gasteiger partial charge in [-0.3, -0.25) is 4.57 Å². The average Bonchev–Trinajstić information content (AvgIpc) is 2.83. The monoisotopic (exact) mass is 280 g/mol. The molecule has 0 unspecified atom stereocenters. The molecule has 0 atom stereocenters. The Morgan fingerprint density at radius 1 is 1.42 bits per heavy atom. The van der Waals surface area contributed by atoms with Crippen molar-refractivity contribution < 1.29 is 13.2 Å². The van der Waals surface area contributed by atoms with Crippen molar-refractivity contribution in [1.29, 1.82) is 0 Å². The molecule has 7 nitrogen and oxygen atoms in total. The smallest absolute Gasteiger partial charge is 0.307 e. The molecule has 100 valence electrons. The predicted molar refractivity (Wildman–Crippen MR) is 69.2 cm³/mol. The van der Waals surface area contributed by atoms with Gasteiger partial charge in [-0.05, 0) is 24.6 Å². The molecule has 0 bridgehead atoms. The second-order valence-corrected chi connectivity index (χ2v) is 5.40. The summed E-state index contributed by atoms with van der Waals surface area (Å²) >= 11 is 0. The Bertz CT molecular complexity index is 708. The first kappa shape index (κ1) is 13.2. The number of hydrogen-bond acceptors (Lipinski definition) is 4. The summed E-state index contributed by atoms with van der Waals surface area (Å²) in [5.41, 5.74) is 0.767.